The van der Waals surface area contributed by atoms with Gasteiger partial charge in [-0.25, -0.2) is 0 Å². The Morgan fingerprint density at radius 3 is 2.77 bits per heavy atom. The molecule has 8 heteroatoms. The van der Waals surface area contributed by atoms with Crippen molar-refractivity contribution >= 4 is 5.84 Å². The van der Waals surface area contributed by atoms with Gasteiger partial charge in [0.25, 0.3) is 0 Å². The fourth-order valence-electron chi connectivity index (χ4n) is 2.84. The van der Waals surface area contributed by atoms with E-state index in [-0.39, 0.29) is 12.6 Å². The van der Waals surface area contributed by atoms with Crippen molar-refractivity contribution in [1.82, 2.24) is 4.98 Å². The third-order valence-electron chi connectivity index (χ3n) is 4.41. The molecular weight excluding hydrogens is 398 g/mol. The van der Waals surface area contributed by atoms with Gasteiger partial charge in [-0.2, -0.15) is 0 Å². The van der Waals surface area contributed by atoms with E-state index in [1.165, 1.54) is 0 Å². The summed E-state index contributed by atoms with van der Waals surface area (Å²) in [6.07, 6.45) is 4.15. The number of rotatable bonds is 10. The van der Waals surface area contributed by atoms with Gasteiger partial charge in [0.2, 0.25) is 6.79 Å². The summed E-state index contributed by atoms with van der Waals surface area (Å²) in [6.45, 7) is 1.52. The summed E-state index contributed by atoms with van der Waals surface area (Å²) in [6, 6.07) is 16.7. The standard InChI is InChI=1S/C23H23N3O5/c24-23(18-5-1-6-19(12-18)28-15-17-4-2-9-25-14-17)26-31-11-3-10-27-20-7-8-21-22(13-20)30-16-29-21/h1-2,4-9,12-14H,3,10-11,15-16H2,(H2,24,26). The Hall–Kier alpha value is -3.94. The van der Waals surface area contributed by atoms with Crippen LogP contribution in [-0.2, 0) is 11.4 Å². The molecule has 0 aliphatic carbocycles. The zero-order valence-corrected chi connectivity index (χ0v) is 16.9. The molecule has 0 saturated carbocycles. The Morgan fingerprint density at radius 1 is 0.968 bits per heavy atom. The molecule has 0 bridgehead atoms. The largest absolute Gasteiger partial charge is 0.493 e. The number of aromatic nitrogens is 1. The smallest absolute Gasteiger partial charge is 0.231 e. The molecule has 0 amide bonds. The predicted octanol–water partition coefficient (Wildman–Crippen LogP) is 3.50. The second-order valence-electron chi connectivity index (χ2n) is 6.70. The minimum atomic E-state index is 0.242. The van der Waals surface area contributed by atoms with Crippen molar-refractivity contribution in [3.05, 3.63) is 78.1 Å². The van der Waals surface area contributed by atoms with Crippen LogP contribution in [0.4, 0.5) is 0 Å². The molecular formula is C23H23N3O5. The average Bonchev–Trinajstić information content (AvgIpc) is 3.29. The van der Waals surface area contributed by atoms with Gasteiger partial charge in [-0.05, 0) is 30.3 Å². The maximum absolute atomic E-state index is 6.03. The van der Waals surface area contributed by atoms with Gasteiger partial charge in [0.1, 0.15) is 24.7 Å². The molecule has 4 rings (SSSR count). The molecule has 31 heavy (non-hydrogen) atoms. The molecule has 1 aromatic heterocycles. The lowest BCUT2D eigenvalue weighted by molar-refractivity contribution is 0.127. The fourth-order valence-corrected chi connectivity index (χ4v) is 2.84. The molecule has 0 fully saturated rings. The van der Waals surface area contributed by atoms with Gasteiger partial charge in [0, 0.05) is 36.0 Å². The molecule has 0 unspecified atom stereocenters. The number of hydrogen-bond donors (Lipinski definition) is 1. The lowest BCUT2D eigenvalue weighted by Gasteiger charge is -2.08. The van der Waals surface area contributed by atoms with Crippen LogP contribution in [-0.4, -0.2) is 30.8 Å². The van der Waals surface area contributed by atoms with Crippen LogP contribution in [0.15, 0.2) is 72.1 Å². The highest BCUT2D eigenvalue weighted by Crippen LogP contribution is 2.35. The van der Waals surface area contributed by atoms with Gasteiger partial charge < -0.3 is 29.5 Å². The lowest BCUT2D eigenvalue weighted by Crippen LogP contribution is -2.14. The number of benzene rings is 2. The van der Waals surface area contributed by atoms with E-state index in [2.05, 4.69) is 10.1 Å². The monoisotopic (exact) mass is 421 g/mol. The Bertz CT molecular complexity index is 1030. The van der Waals surface area contributed by atoms with Crippen LogP contribution in [0, 0.1) is 0 Å². The molecule has 2 heterocycles. The zero-order chi connectivity index (χ0) is 21.3. The van der Waals surface area contributed by atoms with E-state index in [9.17, 15) is 0 Å². The number of nitrogens with zero attached hydrogens (tertiary/aromatic N) is 2. The Balaban J connectivity index is 1.19. The van der Waals surface area contributed by atoms with Gasteiger partial charge in [-0.3, -0.25) is 4.98 Å². The molecule has 2 N–H and O–H groups in total. The predicted molar refractivity (Wildman–Crippen MR) is 114 cm³/mol. The first-order chi connectivity index (χ1) is 15.3. The highest BCUT2D eigenvalue weighted by molar-refractivity contribution is 5.97. The van der Waals surface area contributed by atoms with E-state index in [4.69, 9.17) is 29.5 Å². The summed E-state index contributed by atoms with van der Waals surface area (Å²) in [7, 11) is 0. The van der Waals surface area contributed by atoms with Crippen LogP contribution in [0.3, 0.4) is 0 Å². The van der Waals surface area contributed by atoms with Crippen molar-refractivity contribution in [3.8, 4) is 23.0 Å². The fraction of sp³-hybridized carbons (Fsp3) is 0.217. The van der Waals surface area contributed by atoms with Gasteiger partial charge in [0.05, 0.1) is 6.61 Å². The molecule has 0 radical (unpaired) electrons. The molecule has 160 valence electrons. The highest BCUT2D eigenvalue weighted by Gasteiger charge is 2.13. The molecule has 0 atom stereocenters. The maximum atomic E-state index is 6.03. The van der Waals surface area contributed by atoms with Gasteiger partial charge >= 0.3 is 0 Å². The number of amidine groups is 1. The zero-order valence-electron chi connectivity index (χ0n) is 16.9. The minimum absolute atomic E-state index is 0.242. The number of nitrogens with two attached hydrogens (primary N) is 1. The van der Waals surface area contributed by atoms with Crippen LogP contribution in [0.25, 0.3) is 0 Å². The lowest BCUT2D eigenvalue weighted by atomic mass is 10.2. The van der Waals surface area contributed by atoms with Crippen LogP contribution in [0.5, 0.6) is 23.0 Å². The molecule has 0 spiro atoms. The summed E-state index contributed by atoms with van der Waals surface area (Å²) < 4.78 is 22.1. The molecule has 1 aliphatic rings. The van der Waals surface area contributed by atoms with Crippen LogP contribution < -0.4 is 24.7 Å². The first-order valence-electron chi connectivity index (χ1n) is 9.88. The summed E-state index contributed by atoms with van der Waals surface area (Å²) in [4.78, 5) is 9.39. The van der Waals surface area contributed by atoms with E-state index in [0.717, 1.165) is 22.6 Å². The van der Waals surface area contributed by atoms with Crippen molar-refractivity contribution in [2.75, 3.05) is 20.0 Å². The number of hydrogen-bond acceptors (Lipinski definition) is 7. The summed E-state index contributed by atoms with van der Waals surface area (Å²) >= 11 is 0. The molecule has 3 aromatic rings. The molecule has 8 nitrogen and oxygen atoms in total. The first kappa shape index (κ1) is 20.3. The third kappa shape index (κ3) is 5.79. The van der Waals surface area contributed by atoms with Crippen molar-refractivity contribution in [1.29, 1.82) is 0 Å². The van der Waals surface area contributed by atoms with E-state index in [0.29, 0.717) is 37.7 Å². The van der Waals surface area contributed by atoms with E-state index >= 15 is 0 Å². The van der Waals surface area contributed by atoms with E-state index in [1.807, 2.05) is 54.6 Å². The van der Waals surface area contributed by atoms with Gasteiger partial charge in [-0.15, -0.1) is 0 Å². The molecule has 1 aliphatic heterocycles. The minimum Gasteiger partial charge on any atom is -0.493 e. The third-order valence-corrected chi connectivity index (χ3v) is 4.41. The van der Waals surface area contributed by atoms with Gasteiger partial charge in [0.15, 0.2) is 17.3 Å². The number of ether oxygens (including phenoxy) is 4. The summed E-state index contributed by atoms with van der Waals surface area (Å²) in [5.74, 6) is 3.11. The number of pyridine rings is 1. The van der Waals surface area contributed by atoms with Gasteiger partial charge in [-0.1, -0.05) is 23.4 Å². The average molecular weight is 421 g/mol. The molecule has 2 aromatic carbocycles. The van der Waals surface area contributed by atoms with E-state index in [1.54, 1.807) is 12.4 Å². The Kier molecular flexibility index (Phi) is 6.69. The number of fused-ring (bicyclic) bond motifs is 1. The van der Waals surface area contributed by atoms with Crippen molar-refractivity contribution in [2.24, 2.45) is 10.9 Å². The Morgan fingerprint density at radius 2 is 1.87 bits per heavy atom. The summed E-state index contributed by atoms with van der Waals surface area (Å²) in [5, 5.41) is 3.98. The second-order valence-corrected chi connectivity index (χ2v) is 6.70. The molecule has 0 saturated heterocycles. The normalized spacial score (nSPS) is 12.5. The van der Waals surface area contributed by atoms with E-state index < -0.39 is 0 Å². The van der Waals surface area contributed by atoms with Crippen molar-refractivity contribution in [3.63, 3.8) is 0 Å². The highest BCUT2D eigenvalue weighted by atomic mass is 16.7. The quantitative estimate of drug-likeness (QED) is 0.232. The van der Waals surface area contributed by atoms with Crippen molar-refractivity contribution < 1.29 is 23.8 Å². The van der Waals surface area contributed by atoms with Crippen LogP contribution in [0.2, 0.25) is 0 Å². The first-order valence-corrected chi connectivity index (χ1v) is 9.88. The van der Waals surface area contributed by atoms with Crippen molar-refractivity contribution in [2.45, 2.75) is 13.0 Å². The topological polar surface area (TPSA) is 97.4 Å². The van der Waals surface area contributed by atoms with Crippen LogP contribution in [0.1, 0.15) is 17.5 Å². The SMILES string of the molecule is N/C(=N/OCCCOc1ccc2c(c1)OCO2)c1cccc(OCc2cccnc2)c1. The Labute approximate surface area is 180 Å². The maximum Gasteiger partial charge on any atom is 0.231 e. The summed E-state index contributed by atoms with van der Waals surface area (Å²) in [5.41, 5.74) is 7.74. The van der Waals surface area contributed by atoms with Crippen LogP contribution >= 0.6 is 0 Å². The second kappa shape index (κ2) is 10.2. The number of oxime groups is 1.